The first-order valence-electron chi connectivity index (χ1n) is 8.79. The van der Waals surface area contributed by atoms with Gasteiger partial charge in [-0.25, -0.2) is 0 Å². The predicted octanol–water partition coefficient (Wildman–Crippen LogP) is 3.41. The van der Waals surface area contributed by atoms with Gasteiger partial charge in [0.05, 0.1) is 13.2 Å². The fourth-order valence-corrected chi connectivity index (χ4v) is 3.17. The first kappa shape index (κ1) is 17.5. The highest BCUT2D eigenvalue weighted by atomic mass is 16.5. The van der Waals surface area contributed by atoms with Gasteiger partial charge in [0, 0.05) is 37.9 Å². The molecule has 1 amide bonds. The largest absolute Gasteiger partial charge is 0.378 e. The first-order valence-corrected chi connectivity index (χ1v) is 8.79. The summed E-state index contributed by atoms with van der Waals surface area (Å²) in [6.07, 6.45) is 0. The molecule has 1 fully saturated rings. The highest BCUT2D eigenvalue weighted by Crippen LogP contribution is 2.19. The maximum Gasteiger partial charge on any atom is 0.254 e. The minimum Gasteiger partial charge on any atom is -0.378 e. The van der Waals surface area contributed by atoms with E-state index < -0.39 is 0 Å². The molecule has 3 rings (SSSR count). The summed E-state index contributed by atoms with van der Waals surface area (Å²) in [4.78, 5) is 16.9. The number of carbonyl (C=O) groups excluding carboxylic acids is 1. The number of carbonyl (C=O) groups is 1. The van der Waals surface area contributed by atoms with Crippen molar-refractivity contribution in [2.45, 2.75) is 20.4 Å². The van der Waals surface area contributed by atoms with Crippen LogP contribution >= 0.6 is 0 Å². The Morgan fingerprint density at radius 1 is 1.08 bits per heavy atom. The highest BCUT2D eigenvalue weighted by Gasteiger charge is 2.16. The van der Waals surface area contributed by atoms with Gasteiger partial charge in [0.1, 0.15) is 0 Å². The molecular formula is C21H26N2O2. The second-order valence-corrected chi connectivity index (χ2v) is 6.67. The lowest BCUT2D eigenvalue weighted by atomic mass is 10.0. The molecule has 25 heavy (non-hydrogen) atoms. The quantitative estimate of drug-likeness (QED) is 0.856. The summed E-state index contributed by atoms with van der Waals surface area (Å²) in [6, 6.07) is 14.4. The number of benzene rings is 2. The van der Waals surface area contributed by atoms with Crippen LogP contribution in [0.2, 0.25) is 0 Å². The van der Waals surface area contributed by atoms with Crippen molar-refractivity contribution in [3.8, 4) is 0 Å². The van der Waals surface area contributed by atoms with Crippen LogP contribution in [-0.4, -0.2) is 44.2 Å². The fraction of sp³-hybridized carbons (Fsp3) is 0.381. The van der Waals surface area contributed by atoms with Crippen molar-refractivity contribution in [2.24, 2.45) is 0 Å². The molecule has 1 saturated heterocycles. The van der Waals surface area contributed by atoms with E-state index in [9.17, 15) is 4.79 Å². The first-order chi connectivity index (χ1) is 12.1. The van der Waals surface area contributed by atoms with Gasteiger partial charge in [0.25, 0.3) is 5.91 Å². The number of anilines is 1. The average molecular weight is 338 g/mol. The predicted molar refractivity (Wildman–Crippen MR) is 101 cm³/mol. The second-order valence-electron chi connectivity index (χ2n) is 6.67. The van der Waals surface area contributed by atoms with Gasteiger partial charge in [0.2, 0.25) is 0 Å². The number of hydrogen-bond acceptors (Lipinski definition) is 3. The van der Waals surface area contributed by atoms with Crippen molar-refractivity contribution < 1.29 is 9.53 Å². The van der Waals surface area contributed by atoms with E-state index in [1.807, 2.05) is 39.1 Å². The summed E-state index contributed by atoms with van der Waals surface area (Å²) in [5.41, 5.74) is 5.34. The second kappa shape index (κ2) is 7.70. The smallest absolute Gasteiger partial charge is 0.254 e. The van der Waals surface area contributed by atoms with Crippen LogP contribution in [0.5, 0.6) is 0 Å². The number of amides is 1. The Morgan fingerprint density at radius 3 is 2.44 bits per heavy atom. The maximum absolute atomic E-state index is 12.7. The third kappa shape index (κ3) is 4.02. The molecule has 1 aliphatic rings. The van der Waals surface area contributed by atoms with Gasteiger partial charge < -0.3 is 14.5 Å². The Bertz CT molecular complexity index is 734. The van der Waals surface area contributed by atoms with Crippen LogP contribution in [0.1, 0.15) is 27.0 Å². The van der Waals surface area contributed by atoms with Crippen molar-refractivity contribution in [1.29, 1.82) is 0 Å². The van der Waals surface area contributed by atoms with E-state index in [2.05, 4.69) is 29.2 Å². The van der Waals surface area contributed by atoms with Crippen LogP contribution in [0, 0.1) is 13.8 Å². The van der Waals surface area contributed by atoms with Crippen molar-refractivity contribution in [3.63, 3.8) is 0 Å². The Labute approximate surface area is 150 Å². The number of aryl methyl sites for hydroxylation is 1. The molecule has 0 bridgehead atoms. The minimum absolute atomic E-state index is 0.0680. The third-order valence-corrected chi connectivity index (χ3v) is 4.91. The lowest BCUT2D eigenvalue weighted by Gasteiger charge is -2.29. The fourth-order valence-electron chi connectivity index (χ4n) is 3.17. The van der Waals surface area contributed by atoms with Crippen LogP contribution in [0.25, 0.3) is 0 Å². The van der Waals surface area contributed by atoms with Crippen LogP contribution in [-0.2, 0) is 11.3 Å². The molecule has 2 aromatic rings. The van der Waals surface area contributed by atoms with E-state index in [-0.39, 0.29) is 5.91 Å². The monoisotopic (exact) mass is 338 g/mol. The summed E-state index contributed by atoms with van der Waals surface area (Å²) >= 11 is 0. The average Bonchev–Trinajstić information content (AvgIpc) is 2.65. The molecule has 0 radical (unpaired) electrons. The van der Waals surface area contributed by atoms with Gasteiger partial charge in [-0.15, -0.1) is 0 Å². The van der Waals surface area contributed by atoms with Crippen molar-refractivity contribution in [3.05, 3.63) is 64.7 Å². The minimum atomic E-state index is 0.0680. The topological polar surface area (TPSA) is 32.8 Å². The molecule has 0 spiro atoms. The van der Waals surface area contributed by atoms with Gasteiger partial charge in [-0.1, -0.05) is 24.3 Å². The number of ether oxygens (including phenoxy) is 1. The van der Waals surface area contributed by atoms with Gasteiger partial charge in [-0.3, -0.25) is 4.79 Å². The Morgan fingerprint density at radius 2 is 1.76 bits per heavy atom. The molecule has 4 heteroatoms. The molecule has 0 saturated carbocycles. The van der Waals surface area contributed by atoms with E-state index in [0.717, 1.165) is 48.6 Å². The van der Waals surface area contributed by atoms with Crippen molar-refractivity contribution in [2.75, 3.05) is 38.3 Å². The summed E-state index contributed by atoms with van der Waals surface area (Å²) in [7, 11) is 1.86. The number of hydrogen-bond donors (Lipinski definition) is 0. The number of rotatable bonds is 4. The van der Waals surface area contributed by atoms with Crippen LogP contribution in [0.15, 0.2) is 42.5 Å². The van der Waals surface area contributed by atoms with E-state index >= 15 is 0 Å². The van der Waals surface area contributed by atoms with E-state index in [1.54, 1.807) is 4.90 Å². The Kier molecular flexibility index (Phi) is 5.39. The van der Waals surface area contributed by atoms with Gasteiger partial charge >= 0.3 is 0 Å². The zero-order valence-corrected chi connectivity index (χ0v) is 15.3. The number of nitrogens with zero attached hydrogens (tertiary/aromatic N) is 2. The van der Waals surface area contributed by atoms with E-state index in [4.69, 9.17) is 4.74 Å². The Balaban J connectivity index is 1.67. The van der Waals surface area contributed by atoms with E-state index in [0.29, 0.717) is 6.54 Å². The normalized spacial score (nSPS) is 14.4. The van der Waals surface area contributed by atoms with Crippen LogP contribution in [0.4, 0.5) is 5.69 Å². The molecule has 1 aliphatic heterocycles. The molecule has 0 aliphatic carbocycles. The molecule has 0 N–H and O–H groups in total. The molecule has 2 aromatic carbocycles. The molecule has 1 heterocycles. The standard InChI is InChI=1S/C21H26N2O2/c1-16-5-4-6-20(17(16)2)21(24)22(3)15-18-7-9-19(10-8-18)23-11-13-25-14-12-23/h4-10H,11-15H2,1-3H3. The summed E-state index contributed by atoms with van der Waals surface area (Å²) in [6.45, 7) is 8.10. The van der Waals surface area contributed by atoms with Crippen molar-refractivity contribution >= 4 is 11.6 Å². The zero-order valence-electron chi connectivity index (χ0n) is 15.3. The molecule has 0 unspecified atom stereocenters. The molecule has 0 aromatic heterocycles. The zero-order chi connectivity index (χ0) is 17.8. The van der Waals surface area contributed by atoms with Gasteiger partial charge in [-0.2, -0.15) is 0 Å². The SMILES string of the molecule is Cc1cccc(C(=O)N(C)Cc2ccc(N3CCOCC3)cc2)c1C. The van der Waals surface area contributed by atoms with Crippen molar-refractivity contribution in [1.82, 2.24) is 4.90 Å². The summed E-state index contributed by atoms with van der Waals surface area (Å²) < 4.78 is 5.40. The molecule has 132 valence electrons. The lowest BCUT2D eigenvalue weighted by Crippen LogP contribution is -2.36. The maximum atomic E-state index is 12.7. The number of morpholine rings is 1. The summed E-state index contributed by atoms with van der Waals surface area (Å²) in [5.74, 6) is 0.0680. The lowest BCUT2D eigenvalue weighted by molar-refractivity contribution is 0.0784. The molecular weight excluding hydrogens is 312 g/mol. The van der Waals surface area contributed by atoms with Gasteiger partial charge in [-0.05, 0) is 48.7 Å². The van der Waals surface area contributed by atoms with Crippen LogP contribution < -0.4 is 4.90 Å². The highest BCUT2D eigenvalue weighted by molar-refractivity contribution is 5.95. The summed E-state index contributed by atoms with van der Waals surface area (Å²) in [5, 5.41) is 0. The third-order valence-electron chi connectivity index (χ3n) is 4.91. The van der Waals surface area contributed by atoms with Crippen LogP contribution in [0.3, 0.4) is 0 Å². The van der Waals surface area contributed by atoms with Gasteiger partial charge in [0.15, 0.2) is 0 Å². The van der Waals surface area contributed by atoms with E-state index in [1.165, 1.54) is 5.69 Å². The Hall–Kier alpha value is -2.33. The molecule has 0 atom stereocenters. The molecule has 4 nitrogen and oxygen atoms in total.